The second-order valence-corrected chi connectivity index (χ2v) is 7.50. The number of rotatable bonds is 7. The van der Waals surface area contributed by atoms with Crippen molar-refractivity contribution in [2.75, 3.05) is 17.7 Å². The van der Waals surface area contributed by atoms with Crippen LogP contribution in [-0.4, -0.2) is 22.8 Å². The number of nitrogens with zero attached hydrogens (tertiary/aromatic N) is 4. The molecule has 3 rings (SSSR count). The maximum atomic E-state index is 8.92. The first kappa shape index (κ1) is 21.8. The first-order valence-electron chi connectivity index (χ1n) is 10.0. The highest BCUT2D eigenvalue weighted by Crippen LogP contribution is 2.27. The Morgan fingerprint density at radius 1 is 1.06 bits per heavy atom. The molecule has 0 aliphatic rings. The molecule has 0 saturated heterocycles. The lowest BCUT2D eigenvalue weighted by Gasteiger charge is -2.17. The van der Waals surface area contributed by atoms with Gasteiger partial charge in [-0.25, -0.2) is 4.98 Å². The van der Waals surface area contributed by atoms with E-state index in [1.807, 2.05) is 18.2 Å². The molecule has 0 radical (unpaired) electrons. The molecule has 0 spiro atoms. The Labute approximate surface area is 182 Å². The molecule has 31 heavy (non-hydrogen) atoms. The van der Waals surface area contributed by atoms with Crippen molar-refractivity contribution in [2.45, 2.75) is 27.7 Å². The molecule has 0 amide bonds. The van der Waals surface area contributed by atoms with Gasteiger partial charge in [-0.2, -0.15) is 10.2 Å². The number of aromatic nitrogens is 2. The van der Waals surface area contributed by atoms with Crippen LogP contribution in [-0.2, 0) is 4.84 Å². The molecular weight excluding hydrogens is 388 g/mol. The van der Waals surface area contributed by atoms with Crippen LogP contribution in [0.5, 0.6) is 0 Å². The molecule has 0 unspecified atom stereocenters. The summed E-state index contributed by atoms with van der Waals surface area (Å²) >= 11 is 0. The Bertz CT molecular complexity index is 1110. The van der Waals surface area contributed by atoms with Crippen LogP contribution in [0.2, 0.25) is 0 Å². The maximum absolute atomic E-state index is 8.92. The Kier molecular flexibility index (Phi) is 6.83. The van der Waals surface area contributed by atoms with E-state index in [2.05, 4.69) is 71.7 Å². The summed E-state index contributed by atoms with van der Waals surface area (Å²) in [6.45, 7) is 8.30. The number of hydrogen-bond donors (Lipinski definition) is 2. The second kappa shape index (κ2) is 9.72. The Balaban J connectivity index is 1.83. The number of nitriles is 1. The largest absolute Gasteiger partial charge is 0.399 e. The third kappa shape index (κ3) is 5.37. The lowest BCUT2D eigenvalue weighted by molar-refractivity contribution is 0.212. The van der Waals surface area contributed by atoms with Gasteiger partial charge in [0, 0.05) is 23.1 Å². The molecule has 0 atom stereocenters. The van der Waals surface area contributed by atoms with Gasteiger partial charge >= 0.3 is 0 Å². The topological polar surface area (TPSA) is 95.2 Å². The van der Waals surface area contributed by atoms with E-state index in [1.54, 1.807) is 25.4 Å². The van der Waals surface area contributed by atoms with Gasteiger partial charge in [0.25, 0.3) is 0 Å². The highest BCUT2D eigenvalue weighted by atomic mass is 16.6. The first-order chi connectivity index (χ1) is 14.9. The van der Waals surface area contributed by atoms with Crippen molar-refractivity contribution in [1.29, 1.82) is 5.26 Å². The number of hydrogen-bond acceptors (Lipinski definition) is 7. The third-order valence-electron chi connectivity index (χ3n) is 4.74. The van der Waals surface area contributed by atoms with Gasteiger partial charge in [0.15, 0.2) is 0 Å². The molecule has 158 valence electrons. The lowest BCUT2D eigenvalue weighted by Crippen LogP contribution is -2.11. The van der Waals surface area contributed by atoms with E-state index in [1.165, 1.54) is 0 Å². The molecule has 0 fully saturated rings. The zero-order chi connectivity index (χ0) is 22.4. The van der Waals surface area contributed by atoms with E-state index in [9.17, 15) is 0 Å². The predicted molar refractivity (Wildman–Crippen MR) is 124 cm³/mol. The molecule has 0 saturated carbocycles. The highest BCUT2D eigenvalue weighted by molar-refractivity contribution is 6.02. The van der Waals surface area contributed by atoms with Gasteiger partial charge in [-0.1, -0.05) is 19.0 Å². The third-order valence-corrected chi connectivity index (χ3v) is 4.74. The molecule has 3 aromatic rings. The monoisotopic (exact) mass is 414 g/mol. The number of anilines is 4. The fourth-order valence-electron chi connectivity index (χ4n) is 3.27. The van der Waals surface area contributed by atoms with Crippen LogP contribution in [0.15, 0.2) is 53.8 Å². The van der Waals surface area contributed by atoms with Gasteiger partial charge in [0.1, 0.15) is 12.9 Å². The van der Waals surface area contributed by atoms with Crippen LogP contribution in [0, 0.1) is 31.1 Å². The summed E-state index contributed by atoms with van der Waals surface area (Å²) in [6.07, 6.45) is 1.70. The molecule has 0 bridgehead atoms. The van der Waals surface area contributed by atoms with E-state index in [4.69, 9.17) is 10.1 Å². The number of benzene rings is 2. The van der Waals surface area contributed by atoms with E-state index in [0.717, 1.165) is 33.8 Å². The molecule has 7 nitrogen and oxygen atoms in total. The molecule has 0 aliphatic heterocycles. The average Bonchev–Trinajstić information content (AvgIpc) is 2.75. The fraction of sp³-hybridized carbons (Fsp3) is 0.250. The normalized spacial score (nSPS) is 11.2. The van der Waals surface area contributed by atoms with E-state index in [-0.39, 0.29) is 5.92 Å². The van der Waals surface area contributed by atoms with Crippen molar-refractivity contribution < 1.29 is 4.84 Å². The van der Waals surface area contributed by atoms with Crippen molar-refractivity contribution in [3.8, 4) is 6.07 Å². The Morgan fingerprint density at radius 2 is 1.74 bits per heavy atom. The Morgan fingerprint density at radius 3 is 2.32 bits per heavy atom. The van der Waals surface area contributed by atoms with Crippen LogP contribution in [0.1, 0.15) is 36.1 Å². The maximum Gasteiger partial charge on any atom is 0.229 e. The van der Waals surface area contributed by atoms with Gasteiger partial charge in [0.2, 0.25) is 5.95 Å². The SMILES string of the molecule is CO/N=C(\c1cc(C)c(Nc2ccnc(Nc3ccc(C#N)cc3)n2)c(C)c1)C(C)C. The van der Waals surface area contributed by atoms with Gasteiger partial charge in [0.05, 0.1) is 17.3 Å². The van der Waals surface area contributed by atoms with Gasteiger partial charge in [-0.05, 0) is 73.4 Å². The van der Waals surface area contributed by atoms with Crippen molar-refractivity contribution in [3.63, 3.8) is 0 Å². The number of aryl methyl sites for hydroxylation is 2. The number of oxime groups is 1. The smallest absolute Gasteiger partial charge is 0.229 e. The van der Waals surface area contributed by atoms with Gasteiger partial charge in [-0.3, -0.25) is 0 Å². The van der Waals surface area contributed by atoms with Crippen molar-refractivity contribution in [1.82, 2.24) is 9.97 Å². The summed E-state index contributed by atoms with van der Waals surface area (Å²) in [6, 6.07) is 15.3. The average molecular weight is 415 g/mol. The van der Waals surface area contributed by atoms with Crippen LogP contribution < -0.4 is 10.6 Å². The van der Waals surface area contributed by atoms with E-state index >= 15 is 0 Å². The van der Waals surface area contributed by atoms with Crippen molar-refractivity contribution in [2.24, 2.45) is 11.1 Å². The standard InChI is InChI=1S/C24H26N6O/c1-15(2)22(30-31-5)19-12-16(3)23(17(4)13-19)28-21-10-11-26-24(29-21)27-20-8-6-18(14-25)7-9-20/h6-13,15H,1-5H3,(H2,26,27,28,29)/b30-22-. The highest BCUT2D eigenvalue weighted by Gasteiger charge is 2.14. The molecule has 2 aromatic carbocycles. The summed E-state index contributed by atoms with van der Waals surface area (Å²) in [5.74, 6) is 1.39. The molecule has 7 heteroatoms. The van der Waals surface area contributed by atoms with Crippen LogP contribution in [0.25, 0.3) is 0 Å². The minimum Gasteiger partial charge on any atom is -0.399 e. The first-order valence-corrected chi connectivity index (χ1v) is 10.0. The van der Waals surface area contributed by atoms with E-state index in [0.29, 0.717) is 17.3 Å². The molecule has 0 aliphatic carbocycles. The van der Waals surface area contributed by atoms with Crippen LogP contribution >= 0.6 is 0 Å². The fourth-order valence-corrected chi connectivity index (χ4v) is 3.27. The zero-order valence-corrected chi connectivity index (χ0v) is 18.4. The minimum atomic E-state index is 0.246. The van der Waals surface area contributed by atoms with Crippen LogP contribution in [0.4, 0.5) is 23.1 Å². The second-order valence-electron chi connectivity index (χ2n) is 7.50. The molecule has 1 aromatic heterocycles. The minimum absolute atomic E-state index is 0.246. The van der Waals surface area contributed by atoms with Crippen molar-refractivity contribution >= 4 is 28.9 Å². The predicted octanol–water partition coefficient (Wildman–Crippen LogP) is 5.46. The zero-order valence-electron chi connectivity index (χ0n) is 18.4. The molecular formula is C24H26N6O. The van der Waals surface area contributed by atoms with E-state index < -0.39 is 0 Å². The summed E-state index contributed by atoms with van der Waals surface area (Å²) < 4.78 is 0. The van der Waals surface area contributed by atoms with Gasteiger partial charge < -0.3 is 15.5 Å². The summed E-state index contributed by atoms with van der Waals surface area (Å²) in [7, 11) is 1.57. The van der Waals surface area contributed by atoms with Crippen molar-refractivity contribution in [3.05, 3.63) is 70.9 Å². The van der Waals surface area contributed by atoms with Crippen LogP contribution in [0.3, 0.4) is 0 Å². The molecule has 1 heterocycles. The summed E-state index contributed by atoms with van der Waals surface area (Å²) in [5.41, 5.74) is 6.53. The Hall–Kier alpha value is -3.92. The number of nitrogens with one attached hydrogen (secondary N) is 2. The van der Waals surface area contributed by atoms with Gasteiger partial charge in [-0.15, -0.1) is 0 Å². The lowest BCUT2D eigenvalue weighted by atomic mass is 9.95. The summed E-state index contributed by atoms with van der Waals surface area (Å²) in [5, 5.41) is 19.7. The summed E-state index contributed by atoms with van der Waals surface area (Å²) in [4.78, 5) is 13.9. The molecule has 2 N–H and O–H groups in total. The quantitative estimate of drug-likeness (QED) is 0.394.